The quantitative estimate of drug-likeness (QED) is 0.804. The molecule has 0 aliphatic heterocycles. The maximum absolute atomic E-state index is 5.63. The Balaban J connectivity index is 3.18. The van der Waals surface area contributed by atoms with Crippen LogP contribution in [-0.2, 0) is 0 Å². The molecular weight excluding hydrogens is 276 g/mol. The lowest BCUT2D eigenvalue weighted by Crippen LogP contribution is -1.87. The molecule has 1 aromatic rings. The van der Waals surface area contributed by atoms with Crippen molar-refractivity contribution in [3.05, 3.63) is 14.9 Å². The van der Waals surface area contributed by atoms with Crippen molar-refractivity contribution in [1.29, 1.82) is 0 Å². The van der Waals surface area contributed by atoms with E-state index in [1.165, 1.54) is 0 Å². The standard InChI is InChI=1S/C6H6Br2N2O/c1-10-2-3-5(9)4(7)6(8)11-3/h2H,9H2,1H3. The smallest absolute Gasteiger partial charge is 0.186 e. The van der Waals surface area contributed by atoms with E-state index in [0.29, 0.717) is 16.1 Å². The molecule has 1 heterocycles. The average molecular weight is 282 g/mol. The van der Waals surface area contributed by atoms with Gasteiger partial charge in [0.05, 0.1) is 16.4 Å². The van der Waals surface area contributed by atoms with Crippen molar-refractivity contribution in [2.45, 2.75) is 0 Å². The number of furan rings is 1. The Bertz CT molecular complexity index is 293. The Kier molecular flexibility index (Phi) is 2.72. The van der Waals surface area contributed by atoms with Gasteiger partial charge in [-0.15, -0.1) is 0 Å². The number of halogens is 2. The highest BCUT2D eigenvalue weighted by Crippen LogP contribution is 2.33. The zero-order chi connectivity index (χ0) is 8.43. The fourth-order valence-corrected chi connectivity index (χ4v) is 1.29. The van der Waals surface area contributed by atoms with Gasteiger partial charge in [-0.05, 0) is 31.9 Å². The number of nitrogens with two attached hydrogens (primary N) is 1. The van der Waals surface area contributed by atoms with Crippen molar-refractivity contribution >= 4 is 43.8 Å². The lowest BCUT2D eigenvalue weighted by molar-refractivity contribution is 0.533. The summed E-state index contributed by atoms with van der Waals surface area (Å²) in [4.78, 5) is 3.78. The number of nitrogens with zero attached hydrogens (tertiary/aromatic N) is 1. The number of hydrogen-bond acceptors (Lipinski definition) is 3. The van der Waals surface area contributed by atoms with Crippen molar-refractivity contribution in [1.82, 2.24) is 0 Å². The van der Waals surface area contributed by atoms with Crippen LogP contribution in [0.3, 0.4) is 0 Å². The van der Waals surface area contributed by atoms with Gasteiger partial charge in [-0.3, -0.25) is 4.99 Å². The van der Waals surface area contributed by atoms with Crippen molar-refractivity contribution in [2.75, 3.05) is 12.8 Å². The summed E-state index contributed by atoms with van der Waals surface area (Å²) in [6.45, 7) is 0. The number of hydrogen-bond donors (Lipinski definition) is 1. The molecule has 0 bridgehead atoms. The van der Waals surface area contributed by atoms with E-state index in [0.717, 1.165) is 4.47 Å². The number of rotatable bonds is 1. The van der Waals surface area contributed by atoms with Crippen molar-refractivity contribution in [3.63, 3.8) is 0 Å². The molecule has 0 amide bonds. The molecule has 11 heavy (non-hydrogen) atoms. The molecule has 0 aliphatic rings. The van der Waals surface area contributed by atoms with Crippen LogP contribution in [0.4, 0.5) is 5.69 Å². The molecule has 0 aliphatic carbocycles. The predicted molar refractivity (Wildman–Crippen MR) is 52.0 cm³/mol. The van der Waals surface area contributed by atoms with Crippen LogP contribution in [0.25, 0.3) is 0 Å². The third-order valence-corrected chi connectivity index (χ3v) is 3.00. The van der Waals surface area contributed by atoms with Gasteiger partial charge in [-0.25, -0.2) is 0 Å². The zero-order valence-corrected chi connectivity index (χ0v) is 8.94. The SMILES string of the molecule is CN=Cc1oc(Br)c(Br)c1N. The first kappa shape index (κ1) is 8.80. The Morgan fingerprint density at radius 1 is 1.55 bits per heavy atom. The molecular formula is C6H6Br2N2O. The fraction of sp³-hybridized carbons (Fsp3) is 0.167. The fourth-order valence-electron chi connectivity index (χ4n) is 0.624. The molecule has 0 spiro atoms. The second kappa shape index (κ2) is 3.40. The van der Waals surface area contributed by atoms with Crippen molar-refractivity contribution in [3.8, 4) is 0 Å². The van der Waals surface area contributed by atoms with Crippen LogP contribution in [0.1, 0.15) is 5.76 Å². The third kappa shape index (κ3) is 1.65. The summed E-state index contributed by atoms with van der Waals surface area (Å²) in [5.41, 5.74) is 6.19. The minimum Gasteiger partial charge on any atom is -0.445 e. The van der Waals surface area contributed by atoms with Gasteiger partial charge >= 0.3 is 0 Å². The zero-order valence-electron chi connectivity index (χ0n) is 5.77. The van der Waals surface area contributed by atoms with Crippen LogP contribution >= 0.6 is 31.9 Å². The van der Waals surface area contributed by atoms with Gasteiger partial charge in [0.1, 0.15) is 0 Å². The first-order valence-electron chi connectivity index (χ1n) is 2.82. The van der Waals surface area contributed by atoms with Gasteiger partial charge in [-0.2, -0.15) is 0 Å². The first-order valence-corrected chi connectivity index (χ1v) is 4.40. The summed E-state index contributed by atoms with van der Waals surface area (Å²) in [5, 5.41) is 0. The highest BCUT2D eigenvalue weighted by molar-refractivity contribution is 9.13. The molecule has 0 fully saturated rings. The van der Waals surface area contributed by atoms with Gasteiger partial charge in [0.2, 0.25) is 0 Å². The van der Waals surface area contributed by atoms with Crippen LogP contribution in [0, 0.1) is 0 Å². The van der Waals surface area contributed by atoms with E-state index >= 15 is 0 Å². The third-order valence-electron chi connectivity index (χ3n) is 1.12. The Morgan fingerprint density at radius 3 is 2.55 bits per heavy atom. The largest absolute Gasteiger partial charge is 0.445 e. The Morgan fingerprint density at radius 2 is 2.18 bits per heavy atom. The first-order chi connectivity index (χ1) is 5.16. The van der Waals surface area contributed by atoms with E-state index in [9.17, 15) is 0 Å². The Hall–Kier alpha value is -0.290. The van der Waals surface area contributed by atoms with Gasteiger partial charge in [0, 0.05) is 7.05 Å². The van der Waals surface area contributed by atoms with Crippen LogP contribution in [-0.4, -0.2) is 13.3 Å². The maximum Gasteiger partial charge on any atom is 0.186 e. The number of anilines is 1. The van der Waals surface area contributed by atoms with E-state index in [-0.39, 0.29) is 0 Å². The lowest BCUT2D eigenvalue weighted by Gasteiger charge is -1.85. The number of nitrogen functional groups attached to an aromatic ring is 1. The monoisotopic (exact) mass is 280 g/mol. The molecule has 0 radical (unpaired) electrons. The van der Waals surface area contributed by atoms with Crippen LogP contribution < -0.4 is 5.73 Å². The summed E-state index contributed by atoms with van der Waals surface area (Å²) in [6, 6.07) is 0. The van der Waals surface area contributed by atoms with E-state index in [4.69, 9.17) is 10.2 Å². The summed E-state index contributed by atoms with van der Waals surface area (Å²) in [7, 11) is 1.66. The minimum atomic E-state index is 0.558. The number of aliphatic imine (C=N–C) groups is 1. The molecule has 0 atom stereocenters. The van der Waals surface area contributed by atoms with E-state index < -0.39 is 0 Å². The second-order valence-corrected chi connectivity index (χ2v) is 3.37. The summed E-state index contributed by atoms with van der Waals surface area (Å²) >= 11 is 6.42. The van der Waals surface area contributed by atoms with E-state index in [1.54, 1.807) is 13.3 Å². The molecule has 1 aromatic heterocycles. The molecule has 2 N–H and O–H groups in total. The van der Waals surface area contributed by atoms with E-state index in [2.05, 4.69) is 36.9 Å². The van der Waals surface area contributed by atoms with Crippen LogP contribution in [0.15, 0.2) is 18.6 Å². The van der Waals surface area contributed by atoms with Gasteiger partial charge in [0.25, 0.3) is 0 Å². The molecule has 3 nitrogen and oxygen atoms in total. The lowest BCUT2D eigenvalue weighted by atomic mass is 10.4. The van der Waals surface area contributed by atoms with Gasteiger partial charge < -0.3 is 10.2 Å². The molecule has 0 saturated heterocycles. The van der Waals surface area contributed by atoms with E-state index in [1.807, 2.05) is 0 Å². The topological polar surface area (TPSA) is 51.5 Å². The highest BCUT2D eigenvalue weighted by Gasteiger charge is 2.11. The minimum absolute atomic E-state index is 0.558. The summed E-state index contributed by atoms with van der Waals surface area (Å²) in [6.07, 6.45) is 1.56. The average Bonchev–Trinajstić information content (AvgIpc) is 2.19. The molecule has 1 rings (SSSR count). The molecule has 0 unspecified atom stereocenters. The van der Waals surface area contributed by atoms with Gasteiger partial charge in [0.15, 0.2) is 10.4 Å². The maximum atomic E-state index is 5.63. The molecule has 5 heteroatoms. The summed E-state index contributed by atoms with van der Waals surface area (Å²) < 4.78 is 6.50. The highest BCUT2D eigenvalue weighted by atomic mass is 79.9. The molecule has 0 saturated carbocycles. The predicted octanol–water partition coefficient (Wildman–Crippen LogP) is 2.44. The van der Waals surface area contributed by atoms with Crippen molar-refractivity contribution in [2.24, 2.45) is 4.99 Å². The summed E-state index contributed by atoms with van der Waals surface area (Å²) in [5.74, 6) is 0.561. The van der Waals surface area contributed by atoms with Gasteiger partial charge in [-0.1, -0.05) is 0 Å². The van der Waals surface area contributed by atoms with Crippen molar-refractivity contribution < 1.29 is 4.42 Å². The normalized spacial score (nSPS) is 11.2. The second-order valence-electron chi connectivity index (χ2n) is 1.85. The van der Waals surface area contributed by atoms with Crippen LogP contribution in [0.2, 0.25) is 0 Å². The Labute approximate surface area is 80.9 Å². The van der Waals surface area contributed by atoms with Crippen LogP contribution in [0.5, 0.6) is 0 Å². The molecule has 0 aromatic carbocycles. The molecule has 60 valence electrons.